The van der Waals surface area contributed by atoms with E-state index in [0.29, 0.717) is 0 Å². The van der Waals surface area contributed by atoms with Crippen LogP contribution in [0.3, 0.4) is 0 Å². The maximum atomic E-state index is 2.27. The lowest BCUT2D eigenvalue weighted by Gasteiger charge is -2.22. The second kappa shape index (κ2) is 6.59. The molecule has 0 saturated carbocycles. The van der Waals surface area contributed by atoms with E-state index in [2.05, 4.69) is 108 Å². The molecule has 0 atom stereocenters. The first-order valence-electron chi connectivity index (χ1n) is 8.24. The van der Waals surface area contributed by atoms with Gasteiger partial charge in [-0.2, -0.15) is 0 Å². The van der Waals surface area contributed by atoms with E-state index in [1.807, 2.05) is 0 Å². The predicted octanol–water partition coefficient (Wildman–Crippen LogP) is 5.03. The second-order valence-corrected chi connectivity index (χ2v) is 6.01. The van der Waals surface area contributed by atoms with Crippen molar-refractivity contribution in [2.24, 2.45) is 0 Å². The molecule has 0 radical (unpaired) electrons. The first-order valence-corrected chi connectivity index (χ1v) is 8.24. The molecule has 3 aromatic carbocycles. The molecular weight excluding hydrogens is 290 g/mol. The van der Waals surface area contributed by atoms with Gasteiger partial charge < -0.3 is 0 Å². The molecular formula is C23H19N. The van der Waals surface area contributed by atoms with Crippen molar-refractivity contribution in [3.8, 4) is 0 Å². The van der Waals surface area contributed by atoms with Gasteiger partial charge in [0.1, 0.15) is 0 Å². The zero-order valence-corrected chi connectivity index (χ0v) is 13.5. The third-order valence-corrected chi connectivity index (χ3v) is 4.21. The van der Waals surface area contributed by atoms with Crippen LogP contribution in [0.1, 0.15) is 22.3 Å². The molecule has 0 saturated heterocycles. The van der Waals surface area contributed by atoms with Crippen LogP contribution < -0.4 is 0 Å². The highest BCUT2D eigenvalue weighted by Gasteiger charge is 2.13. The molecule has 1 aliphatic rings. The van der Waals surface area contributed by atoms with E-state index < -0.39 is 0 Å². The van der Waals surface area contributed by atoms with Crippen molar-refractivity contribution < 1.29 is 4.58 Å². The molecule has 0 amide bonds. The molecule has 1 nitrogen and oxygen atoms in total. The molecule has 1 heterocycles. The summed E-state index contributed by atoms with van der Waals surface area (Å²) >= 11 is 0. The average molecular weight is 309 g/mol. The van der Waals surface area contributed by atoms with E-state index in [9.17, 15) is 0 Å². The summed E-state index contributed by atoms with van der Waals surface area (Å²) in [5.74, 6) is 0. The Bertz CT molecular complexity index is 890. The molecule has 0 aromatic heterocycles. The van der Waals surface area contributed by atoms with Gasteiger partial charge in [-0.05, 0) is 11.1 Å². The van der Waals surface area contributed by atoms with Crippen molar-refractivity contribution in [3.63, 3.8) is 0 Å². The molecule has 24 heavy (non-hydrogen) atoms. The molecule has 0 aliphatic carbocycles. The molecule has 3 aromatic rings. The third kappa shape index (κ3) is 3.16. The van der Waals surface area contributed by atoms with Crippen LogP contribution >= 0.6 is 0 Å². The monoisotopic (exact) mass is 309 g/mol. The SMILES string of the molecule is C1=[N+](Cc2ccccc2)[CH-]c2ccccc2/C1=C/c1ccccc1. The van der Waals surface area contributed by atoms with Crippen LogP contribution in [-0.4, -0.2) is 10.8 Å². The summed E-state index contributed by atoms with van der Waals surface area (Å²) in [6.07, 6.45) is 4.49. The van der Waals surface area contributed by atoms with Crippen LogP contribution in [0.15, 0.2) is 84.9 Å². The van der Waals surface area contributed by atoms with E-state index in [4.69, 9.17) is 0 Å². The zero-order valence-electron chi connectivity index (χ0n) is 13.5. The molecule has 0 spiro atoms. The van der Waals surface area contributed by atoms with Crippen LogP contribution in [0.2, 0.25) is 0 Å². The minimum absolute atomic E-state index is 0.876. The molecule has 0 N–H and O–H groups in total. The fraction of sp³-hybridized carbons (Fsp3) is 0.0435. The van der Waals surface area contributed by atoms with Gasteiger partial charge in [-0.3, -0.25) is 4.58 Å². The van der Waals surface area contributed by atoms with Gasteiger partial charge in [-0.15, -0.1) is 12.1 Å². The average Bonchev–Trinajstić information content (AvgIpc) is 2.63. The third-order valence-electron chi connectivity index (χ3n) is 4.21. The van der Waals surface area contributed by atoms with E-state index in [0.717, 1.165) is 6.54 Å². The maximum absolute atomic E-state index is 2.27. The normalized spacial score (nSPS) is 14.7. The minimum Gasteiger partial charge on any atom is -0.280 e. The number of nitrogens with zero attached hydrogens (tertiary/aromatic N) is 1. The first-order chi connectivity index (χ1) is 11.9. The van der Waals surface area contributed by atoms with Crippen molar-refractivity contribution >= 4 is 17.9 Å². The Hall–Kier alpha value is -3.06. The van der Waals surface area contributed by atoms with Gasteiger partial charge in [-0.25, -0.2) is 0 Å². The summed E-state index contributed by atoms with van der Waals surface area (Å²) in [7, 11) is 0. The molecule has 0 unspecified atom stereocenters. The van der Waals surface area contributed by atoms with Gasteiger partial charge in [0.05, 0.1) is 12.8 Å². The molecule has 1 heteroatoms. The standard InChI is InChI=1S/C23H19N/c1-3-9-19(10-4-1)15-22-18-24(16-20-11-5-2-6-12-20)17-21-13-7-8-14-23(21)22/h1-15,17-18H,16H2/b22-15+. The lowest BCUT2D eigenvalue weighted by atomic mass is 9.95. The second-order valence-electron chi connectivity index (χ2n) is 6.01. The molecule has 1 aliphatic heterocycles. The molecule has 4 rings (SSSR count). The van der Waals surface area contributed by atoms with E-state index >= 15 is 0 Å². The maximum Gasteiger partial charge on any atom is 0.156 e. The lowest BCUT2D eigenvalue weighted by molar-refractivity contribution is -0.493. The van der Waals surface area contributed by atoms with Crippen molar-refractivity contribution in [3.05, 3.63) is 114 Å². The van der Waals surface area contributed by atoms with E-state index in [-0.39, 0.29) is 0 Å². The number of allylic oxidation sites excluding steroid dienone is 1. The van der Waals surface area contributed by atoms with Crippen LogP contribution in [0, 0.1) is 6.54 Å². The minimum atomic E-state index is 0.876. The summed E-state index contributed by atoms with van der Waals surface area (Å²) < 4.78 is 2.27. The van der Waals surface area contributed by atoms with Crippen molar-refractivity contribution in [2.45, 2.75) is 6.54 Å². The fourth-order valence-corrected chi connectivity index (χ4v) is 3.07. The number of rotatable bonds is 3. The number of hydrogen-bond donors (Lipinski definition) is 0. The van der Waals surface area contributed by atoms with Crippen molar-refractivity contribution in [1.82, 2.24) is 0 Å². The number of fused-ring (bicyclic) bond motifs is 1. The van der Waals surface area contributed by atoms with Gasteiger partial charge >= 0.3 is 0 Å². The van der Waals surface area contributed by atoms with Gasteiger partial charge in [0, 0.05) is 5.56 Å². The summed E-state index contributed by atoms with van der Waals surface area (Å²) in [6, 6.07) is 29.6. The van der Waals surface area contributed by atoms with Crippen LogP contribution in [0.5, 0.6) is 0 Å². The Morgan fingerprint density at radius 2 is 1.42 bits per heavy atom. The molecule has 0 fully saturated rings. The summed E-state index contributed by atoms with van der Waals surface area (Å²) in [5.41, 5.74) is 6.32. The summed E-state index contributed by atoms with van der Waals surface area (Å²) in [6.45, 7) is 3.10. The van der Waals surface area contributed by atoms with E-state index in [1.54, 1.807) is 0 Å². The lowest BCUT2D eigenvalue weighted by Crippen LogP contribution is -2.17. The zero-order chi connectivity index (χ0) is 16.2. The smallest absolute Gasteiger partial charge is 0.156 e. The highest BCUT2D eigenvalue weighted by Crippen LogP contribution is 2.26. The Morgan fingerprint density at radius 1 is 0.750 bits per heavy atom. The van der Waals surface area contributed by atoms with Crippen molar-refractivity contribution in [1.29, 1.82) is 0 Å². The van der Waals surface area contributed by atoms with Gasteiger partial charge in [0.2, 0.25) is 0 Å². The summed E-state index contributed by atoms with van der Waals surface area (Å²) in [4.78, 5) is 0. The number of hydrogen-bond acceptors (Lipinski definition) is 0. The predicted molar refractivity (Wildman–Crippen MR) is 101 cm³/mol. The van der Waals surface area contributed by atoms with Gasteiger partial charge in [0.15, 0.2) is 6.54 Å². The Balaban J connectivity index is 1.73. The van der Waals surface area contributed by atoms with Gasteiger partial charge in [-0.1, -0.05) is 90.0 Å². The van der Waals surface area contributed by atoms with E-state index in [1.165, 1.54) is 27.8 Å². The van der Waals surface area contributed by atoms with Crippen LogP contribution in [0.25, 0.3) is 11.6 Å². The highest BCUT2D eigenvalue weighted by molar-refractivity contribution is 6.15. The topological polar surface area (TPSA) is 3.01 Å². The molecule has 116 valence electrons. The Labute approximate surface area is 143 Å². The Kier molecular flexibility index (Phi) is 3.99. The van der Waals surface area contributed by atoms with Crippen LogP contribution in [0.4, 0.5) is 0 Å². The quantitative estimate of drug-likeness (QED) is 0.471. The number of benzene rings is 3. The highest BCUT2D eigenvalue weighted by atomic mass is 15.0. The van der Waals surface area contributed by atoms with Crippen LogP contribution in [-0.2, 0) is 6.54 Å². The fourth-order valence-electron chi connectivity index (χ4n) is 3.07. The van der Waals surface area contributed by atoms with Crippen molar-refractivity contribution in [2.75, 3.05) is 0 Å². The van der Waals surface area contributed by atoms with Gasteiger partial charge in [0.25, 0.3) is 0 Å². The first kappa shape index (κ1) is 14.5. The Morgan fingerprint density at radius 3 is 2.21 bits per heavy atom. The largest absolute Gasteiger partial charge is 0.280 e. The summed E-state index contributed by atoms with van der Waals surface area (Å²) in [5, 5.41) is 0. The molecule has 0 bridgehead atoms.